The van der Waals surface area contributed by atoms with Crippen LogP contribution in [0.1, 0.15) is 220 Å². The molecule has 0 radical (unpaired) electrons. The van der Waals surface area contributed by atoms with Crippen LogP contribution in [0.3, 0.4) is 0 Å². The first-order valence-electron chi connectivity index (χ1n) is 24.5. The Morgan fingerprint density at radius 1 is 0.656 bits per heavy atom. The zero-order valence-electron chi connectivity index (χ0n) is 38.6. The molecule has 12 nitrogen and oxygen atoms in total. The highest BCUT2D eigenvalue weighted by Gasteiger charge is 2.41. The largest absolute Gasteiger partial charge is 0.469 e. The molecule has 0 aromatic heterocycles. The molecule has 5 N–H and O–H groups in total. The van der Waals surface area contributed by atoms with Crippen molar-refractivity contribution in [2.24, 2.45) is 17.8 Å². The van der Waals surface area contributed by atoms with E-state index in [-0.39, 0.29) is 37.9 Å². The van der Waals surface area contributed by atoms with Crippen LogP contribution < -0.4 is 0 Å². The van der Waals surface area contributed by atoms with E-state index in [2.05, 4.69) is 25.3 Å². The van der Waals surface area contributed by atoms with Crippen molar-refractivity contribution in [1.29, 1.82) is 0 Å². The molecule has 0 saturated heterocycles. The van der Waals surface area contributed by atoms with Gasteiger partial charge in [0.1, 0.15) is 12.4 Å². The summed E-state index contributed by atoms with van der Waals surface area (Å²) in [5, 5.41) is 31.2. The monoisotopic (exact) mass is 889 g/mol. The van der Waals surface area contributed by atoms with Crippen molar-refractivity contribution in [2.75, 3.05) is 13.2 Å². The van der Waals surface area contributed by atoms with Crippen molar-refractivity contribution in [1.82, 2.24) is 0 Å². The van der Waals surface area contributed by atoms with Crippen LogP contribution in [-0.2, 0) is 32.9 Å². The molecule has 0 aliphatic heterocycles. The molecule has 7 atom stereocenters. The Kier molecular flexibility index (Phi) is 34.5. The minimum absolute atomic E-state index is 0.0155. The summed E-state index contributed by atoms with van der Waals surface area (Å²) in [5.41, 5.74) is 0. The number of aliphatic hydroxyl groups excluding tert-OH is 3. The number of rotatable bonds is 41. The van der Waals surface area contributed by atoms with Crippen LogP contribution >= 0.6 is 7.82 Å². The zero-order chi connectivity index (χ0) is 45.1. The number of hydrogen-bond donors (Lipinski definition) is 5. The summed E-state index contributed by atoms with van der Waals surface area (Å²) in [6.45, 7) is 5.67. The lowest BCUT2D eigenvalue weighted by molar-refractivity contribution is -0.161. The van der Waals surface area contributed by atoms with Gasteiger partial charge in [-0.25, -0.2) is 4.57 Å². The maximum atomic E-state index is 12.8. The van der Waals surface area contributed by atoms with Gasteiger partial charge in [-0.05, 0) is 31.6 Å². The average molecular weight is 889 g/mol. The number of hydrogen-bond acceptors (Lipinski definition) is 10. The summed E-state index contributed by atoms with van der Waals surface area (Å²) < 4.78 is 26.4. The molecule has 61 heavy (non-hydrogen) atoms. The highest BCUT2D eigenvalue weighted by atomic mass is 31.2. The van der Waals surface area contributed by atoms with Gasteiger partial charge in [0.25, 0.3) is 0 Å². The number of phosphoric acid groups is 1. The molecule has 1 rings (SSSR count). The van der Waals surface area contributed by atoms with E-state index in [9.17, 15) is 34.3 Å². The summed E-state index contributed by atoms with van der Waals surface area (Å²) in [6, 6.07) is 0. The number of unbranched alkanes of at least 4 members (excludes halogenated alkanes) is 20. The second-order valence-electron chi connectivity index (χ2n) is 18.0. The molecule has 13 heteroatoms. The highest BCUT2D eigenvalue weighted by molar-refractivity contribution is 7.46. The van der Waals surface area contributed by atoms with Gasteiger partial charge >= 0.3 is 19.8 Å². The summed E-state index contributed by atoms with van der Waals surface area (Å²) in [5.74, 6) is -1.26. The topological polar surface area (TPSA) is 197 Å². The number of esters is 2. The van der Waals surface area contributed by atoms with Crippen LogP contribution in [-0.4, -0.2) is 80.5 Å². The first kappa shape index (κ1) is 57.4. The molecule has 0 spiro atoms. The van der Waals surface area contributed by atoms with Crippen molar-refractivity contribution in [2.45, 2.75) is 244 Å². The third kappa shape index (κ3) is 32.6. The van der Waals surface area contributed by atoms with Gasteiger partial charge in [-0.1, -0.05) is 174 Å². The molecule has 1 unspecified atom stereocenters. The normalized spacial score (nSPS) is 19.6. The third-order valence-electron chi connectivity index (χ3n) is 12.3. The minimum atomic E-state index is -4.85. The Morgan fingerprint density at radius 3 is 1.69 bits per heavy atom. The van der Waals surface area contributed by atoms with Crippen molar-refractivity contribution >= 4 is 25.5 Å². The van der Waals surface area contributed by atoms with Gasteiger partial charge in [-0.2, -0.15) is 0 Å². The summed E-state index contributed by atoms with van der Waals surface area (Å²) in [6.07, 6.45) is 29.9. The molecule has 1 fully saturated rings. The molecular weight excluding hydrogens is 799 g/mol. The van der Waals surface area contributed by atoms with Crippen LogP contribution in [0.2, 0.25) is 0 Å². The number of ketones is 1. The van der Waals surface area contributed by atoms with E-state index in [1.807, 2.05) is 0 Å². The van der Waals surface area contributed by atoms with E-state index < -0.39 is 69.2 Å². The second kappa shape index (κ2) is 36.7. The van der Waals surface area contributed by atoms with E-state index in [1.54, 1.807) is 12.2 Å². The molecule has 1 saturated carbocycles. The van der Waals surface area contributed by atoms with Crippen molar-refractivity contribution in [3.8, 4) is 0 Å². The maximum Gasteiger partial charge on any atom is 0.469 e. The number of Topliss-reactive ketones (excluding diaryl/α,β-unsaturated/α-hetero) is 1. The Morgan fingerprint density at radius 2 is 1.15 bits per heavy atom. The number of ether oxygens (including phenoxy) is 2. The fourth-order valence-electron chi connectivity index (χ4n) is 8.17. The number of carbonyl (C=O) groups excluding carboxylic acids is 3. The van der Waals surface area contributed by atoms with Crippen molar-refractivity contribution < 1.29 is 58.1 Å². The van der Waals surface area contributed by atoms with E-state index in [1.165, 1.54) is 103 Å². The number of phosphoric ester groups is 1. The quantitative estimate of drug-likeness (QED) is 0.0169. The predicted molar refractivity (Wildman–Crippen MR) is 242 cm³/mol. The van der Waals surface area contributed by atoms with Gasteiger partial charge in [0.15, 0.2) is 6.10 Å². The Hall–Kier alpha value is -1.66. The lowest BCUT2D eigenvalue weighted by Gasteiger charge is -2.20. The fraction of sp³-hybridized carbons (Fsp3) is 0.896. The zero-order valence-corrected chi connectivity index (χ0v) is 39.5. The summed E-state index contributed by atoms with van der Waals surface area (Å²) in [4.78, 5) is 56.0. The van der Waals surface area contributed by atoms with E-state index in [0.29, 0.717) is 25.7 Å². The SMILES string of the molecule is CCCCC[C@H](O)/C=C/[C@@H]1[C@@H](CC(=O)CCCCC(=O)OC[C@H](COP(=O)(O)O)OC(=O)CCCCCCCCCCCCCCCCCCCCC(C)CC)[C@@H](O)C[C@H]1O. The average Bonchev–Trinajstić information content (AvgIpc) is 3.48. The molecule has 0 aromatic carbocycles. The Labute approximate surface area is 370 Å². The third-order valence-corrected chi connectivity index (χ3v) is 12.8. The molecule has 358 valence electrons. The Bertz CT molecular complexity index is 1190. The van der Waals surface area contributed by atoms with E-state index >= 15 is 0 Å². The van der Waals surface area contributed by atoms with Crippen LogP contribution in [0.5, 0.6) is 0 Å². The van der Waals surface area contributed by atoms with E-state index in [0.717, 1.165) is 44.4 Å². The summed E-state index contributed by atoms with van der Waals surface area (Å²) >= 11 is 0. The molecule has 0 heterocycles. The Balaban J connectivity index is 2.19. The predicted octanol–water partition coefficient (Wildman–Crippen LogP) is 10.8. The standard InChI is InChI=1S/C48H89O12P/c1-4-6-23-29-40(49)33-34-43-44(46(52)36-45(43)51)35-41(50)30-26-27-31-47(53)58-37-42(38-59-61(55,56)57)60-48(54)32-25-22-20-18-16-14-12-10-8-7-9-11-13-15-17-19-21-24-28-39(3)5-2/h33-34,39-40,42-46,49,51-52H,4-32,35-38H2,1-3H3,(H2,55,56,57)/b34-33+/t39?,40-,42+,43+,44+,45+,46-/m0/s1. The van der Waals surface area contributed by atoms with Gasteiger partial charge in [-0.15, -0.1) is 0 Å². The fourth-order valence-corrected chi connectivity index (χ4v) is 8.53. The van der Waals surface area contributed by atoms with Crippen LogP contribution in [0.25, 0.3) is 0 Å². The molecule has 1 aliphatic rings. The first-order valence-corrected chi connectivity index (χ1v) is 26.1. The summed E-state index contributed by atoms with van der Waals surface area (Å²) in [7, 11) is -4.85. The molecule has 1 aliphatic carbocycles. The van der Waals surface area contributed by atoms with Gasteiger partial charge in [-0.3, -0.25) is 18.9 Å². The lowest BCUT2D eigenvalue weighted by Crippen LogP contribution is -2.29. The van der Waals surface area contributed by atoms with Crippen LogP contribution in [0, 0.1) is 17.8 Å². The number of aliphatic hydroxyl groups is 3. The van der Waals surface area contributed by atoms with Crippen LogP contribution in [0.15, 0.2) is 12.2 Å². The highest BCUT2D eigenvalue weighted by Crippen LogP contribution is 2.37. The minimum Gasteiger partial charge on any atom is -0.462 e. The smallest absolute Gasteiger partial charge is 0.462 e. The van der Waals surface area contributed by atoms with Crippen molar-refractivity contribution in [3.63, 3.8) is 0 Å². The lowest BCUT2D eigenvalue weighted by atomic mass is 9.87. The maximum absolute atomic E-state index is 12.8. The second-order valence-corrected chi connectivity index (χ2v) is 19.2. The molecule has 0 bridgehead atoms. The molecular formula is C48H89O12P. The number of carbonyl (C=O) groups is 3. The van der Waals surface area contributed by atoms with E-state index in [4.69, 9.17) is 19.3 Å². The van der Waals surface area contributed by atoms with Crippen LogP contribution in [0.4, 0.5) is 0 Å². The molecule has 0 amide bonds. The van der Waals surface area contributed by atoms with Gasteiger partial charge in [0.2, 0.25) is 0 Å². The van der Waals surface area contributed by atoms with Gasteiger partial charge < -0.3 is 34.6 Å². The first-order chi connectivity index (χ1) is 29.2. The molecule has 0 aromatic rings. The van der Waals surface area contributed by atoms with Gasteiger partial charge in [0.05, 0.1) is 24.9 Å². The van der Waals surface area contributed by atoms with Crippen molar-refractivity contribution in [3.05, 3.63) is 12.2 Å². The van der Waals surface area contributed by atoms with Gasteiger partial charge in [0, 0.05) is 43.9 Å².